The molecule has 0 bridgehead atoms. The van der Waals surface area contributed by atoms with Crippen LogP contribution in [0.4, 0.5) is 0 Å². The van der Waals surface area contributed by atoms with E-state index in [0.717, 1.165) is 37.4 Å². The van der Waals surface area contributed by atoms with Crippen molar-refractivity contribution in [3.05, 3.63) is 17.7 Å². The summed E-state index contributed by atoms with van der Waals surface area (Å²) in [6.07, 6.45) is 7.31. The van der Waals surface area contributed by atoms with E-state index < -0.39 is 0 Å². The van der Waals surface area contributed by atoms with Gasteiger partial charge in [0.05, 0.1) is 6.61 Å². The highest BCUT2D eigenvalue weighted by Crippen LogP contribution is 2.44. The second kappa shape index (κ2) is 5.20. The summed E-state index contributed by atoms with van der Waals surface area (Å²) < 4.78 is 0. The standard InChI is InChI=1S/C15H23N3O2/c1-11-8-16-13(17-11)14(20)18-6-2-5-15(9-18,10-19)7-12-3-4-12/h8,12,19H,2-7,9-10H2,1H3,(H,16,17). The van der Waals surface area contributed by atoms with Crippen LogP contribution in [0.3, 0.4) is 0 Å². The first-order valence-electron chi connectivity index (χ1n) is 7.54. The van der Waals surface area contributed by atoms with Crippen LogP contribution >= 0.6 is 0 Å². The van der Waals surface area contributed by atoms with E-state index in [0.29, 0.717) is 12.4 Å². The molecular weight excluding hydrogens is 254 g/mol. The number of hydrogen-bond donors (Lipinski definition) is 2. The third-order valence-corrected chi connectivity index (χ3v) is 4.61. The fourth-order valence-electron chi connectivity index (χ4n) is 3.35. The summed E-state index contributed by atoms with van der Waals surface area (Å²) in [4.78, 5) is 21.5. The van der Waals surface area contributed by atoms with E-state index in [4.69, 9.17) is 0 Å². The number of aromatic nitrogens is 2. The highest BCUT2D eigenvalue weighted by molar-refractivity contribution is 5.90. The smallest absolute Gasteiger partial charge is 0.289 e. The Morgan fingerprint density at radius 2 is 2.40 bits per heavy atom. The minimum Gasteiger partial charge on any atom is -0.396 e. The van der Waals surface area contributed by atoms with Gasteiger partial charge in [-0.25, -0.2) is 4.98 Å². The van der Waals surface area contributed by atoms with Crippen LogP contribution in [0.5, 0.6) is 0 Å². The topological polar surface area (TPSA) is 69.2 Å². The van der Waals surface area contributed by atoms with Crippen molar-refractivity contribution in [1.82, 2.24) is 14.9 Å². The normalized spacial score (nSPS) is 26.8. The van der Waals surface area contributed by atoms with Crippen molar-refractivity contribution >= 4 is 5.91 Å². The molecule has 1 atom stereocenters. The van der Waals surface area contributed by atoms with Gasteiger partial charge in [-0.05, 0) is 32.1 Å². The lowest BCUT2D eigenvalue weighted by Gasteiger charge is -2.41. The molecule has 1 amide bonds. The SMILES string of the molecule is Cc1cnc(C(=O)N2CCCC(CO)(CC3CC3)C2)[nH]1. The van der Waals surface area contributed by atoms with E-state index in [-0.39, 0.29) is 17.9 Å². The highest BCUT2D eigenvalue weighted by atomic mass is 16.3. The van der Waals surface area contributed by atoms with Gasteiger partial charge >= 0.3 is 0 Å². The molecule has 0 spiro atoms. The van der Waals surface area contributed by atoms with Crippen molar-refractivity contribution < 1.29 is 9.90 Å². The Bertz CT molecular complexity index is 495. The molecule has 1 saturated carbocycles. The molecule has 5 heteroatoms. The van der Waals surface area contributed by atoms with Gasteiger partial charge in [0.25, 0.3) is 5.91 Å². The molecule has 110 valence electrons. The molecule has 0 aromatic carbocycles. The van der Waals surface area contributed by atoms with Crippen LogP contribution in [0.15, 0.2) is 6.20 Å². The highest BCUT2D eigenvalue weighted by Gasteiger charge is 2.41. The summed E-state index contributed by atoms with van der Waals surface area (Å²) in [6.45, 7) is 3.51. The monoisotopic (exact) mass is 277 g/mol. The predicted molar refractivity (Wildman–Crippen MR) is 75.3 cm³/mol. The van der Waals surface area contributed by atoms with E-state index in [1.165, 1.54) is 12.8 Å². The molecule has 20 heavy (non-hydrogen) atoms. The second-order valence-electron chi connectivity index (χ2n) is 6.55. The average molecular weight is 277 g/mol. The number of nitrogens with zero attached hydrogens (tertiary/aromatic N) is 2. The van der Waals surface area contributed by atoms with Gasteiger partial charge in [-0.15, -0.1) is 0 Å². The first-order chi connectivity index (χ1) is 9.62. The Morgan fingerprint density at radius 1 is 1.60 bits per heavy atom. The third-order valence-electron chi connectivity index (χ3n) is 4.61. The minimum atomic E-state index is -0.0866. The van der Waals surface area contributed by atoms with Crippen molar-refractivity contribution in [3.63, 3.8) is 0 Å². The van der Waals surface area contributed by atoms with Crippen molar-refractivity contribution in [2.24, 2.45) is 11.3 Å². The van der Waals surface area contributed by atoms with Crippen LogP contribution in [0.1, 0.15) is 48.4 Å². The van der Waals surface area contributed by atoms with Crippen molar-refractivity contribution in [2.45, 2.75) is 39.0 Å². The number of carbonyl (C=O) groups is 1. The fourth-order valence-corrected chi connectivity index (χ4v) is 3.35. The van der Waals surface area contributed by atoms with Gasteiger partial charge in [0.15, 0.2) is 5.82 Å². The number of H-pyrrole nitrogens is 1. The second-order valence-corrected chi connectivity index (χ2v) is 6.55. The van der Waals surface area contributed by atoms with Crippen molar-refractivity contribution in [2.75, 3.05) is 19.7 Å². The van der Waals surface area contributed by atoms with Gasteiger partial charge in [0.2, 0.25) is 0 Å². The Hall–Kier alpha value is -1.36. The van der Waals surface area contributed by atoms with Crippen LogP contribution in [-0.4, -0.2) is 45.6 Å². The summed E-state index contributed by atoms with van der Waals surface area (Å²) in [6, 6.07) is 0. The maximum absolute atomic E-state index is 12.5. The Balaban J connectivity index is 1.71. The van der Waals surface area contributed by atoms with Crippen LogP contribution < -0.4 is 0 Å². The van der Waals surface area contributed by atoms with E-state index in [2.05, 4.69) is 9.97 Å². The number of aryl methyl sites for hydroxylation is 1. The molecule has 1 aliphatic heterocycles. The van der Waals surface area contributed by atoms with Gasteiger partial charge in [-0.1, -0.05) is 12.8 Å². The van der Waals surface area contributed by atoms with Crippen LogP contribution in [0.25, 0.3) is 0 Å². The lowest BCUT2D eigenvalue weighted by atomic mass is 9.76. The van der Waals surface area contributed by atoms with E-state index in [1.807, 2.05) is 11.8 Å². The lowest BCUT2D eigenvalue weighted by molar-refractivity contribution is 0.0190. The minimum absolute atomic E-state index is 0.0357. The van der Waals surface area contributed by atoms with Crippen LogP contribution in [0, 0.1) is 18.3 Å². The molecular formula is C15H23N3O2. The zero-order valence-electron chi connectivity index (χ0n) is 12.1. The molecule has 0 radical (unpaired) electrons. The molecule has 1 aromatic heterocycles. The van der Waals surface area contributed by atoms with Gasteiger partial charge in [-0.3, -0.25) is 4.79 Å². The van der Waals surface area contributed by atoms with Crippen LogP contribution in [-0.2, 0) is 0 Å². The number of amides is 1. The molecule has 1 unspecified atom stereocenters. The summed E-state index contributed by atoms with van der Waals surface area (Å²) in [5.74, 6) is 1.15. The van der Waals surface area contributed by atoms with E-state index >= 15 is 0 Å². The maximum atomic E-state index is 12.5. The molecule has 1 aromatic rings. The third kappa shape index (κ3) is 2.73. The first-order valence-corrected chi connectivity index (χ1v) is 7.54. The Morgan fingerprint density at radius 3 is 3.00 bits per heavy atom. The maximum Gasteiger partial charge on any atom is 0.289 e. The molecule has 3 rings (SSSR count). The van der Waals surface area contributed by atoms with E-state index in [9.17, 15) is 9.90 Å². The zero-order valence-corrected chi connectivity index (χ0v) is 12.1. The summed E-state index contributed by atoms with van der Waals surface area (Å²) in [7, 11) is 0. The number of carbonyl (C=O) groups excluding carboxylic acids is 1. The molecule has 1 aliphatic carbocycles. The number of aliphatic hydroxyl groups excluding tert-OH is 1. The van der Waals surface area contributed by atoms with Crippen LogP contribution in [0.2, 0.25) is 0 Å². The fraction of sp³-hybridized carbons (Fsp3) is 0.733. The number of aliphatic hydroxyl groups is 1. The van der Waals surface area contributed by atoms with Gasteiger partial charge in [-0.2, -0.15) is 0 Å². The molecule has 5 nitrogen and oxygen atoms in total. The molecule has 2 N–H and O–H groups in total. The number of imidazole rings is 1. The van der Waals surface area contributed by atoms with Gasteiger partial charge < -0.3 is 15.0 Å². The number of hydrogen-bond acceptors (Lipinski definition) is 3. The van der Waals surface area contributed by atoms with E-state index in [1.54, 1.807) is 6.20 Å². The molecule has 2 heterocycles. The zero-order chi connectivity index (χ0) is 14.2. The quantitative estimate of drug-likeness (QED) is 0.880. The molecule has 2 aliphatic rings. The lowest BCUT2D eigenvalue weighted by Crippen LogP contribution is -2.48. The number of rotatable bonds is 4. The Kier molecular flexibility index (Phi) is 3.54. The number of likely N-dealkylation sites (tertiary alicyclic amines) is 1. The Labute approximate surface area is 119 Å². The average Bonchev–Trinajstić information content (AvgIpc) is 3.16. The van der Waals surface area contributed by atoms with Crippen molar-refractivity contribution in [3.8, 4) is 0 Å². The van der Waals surface area contributed by atoms with Crippen molar-refractivity contribution in [1.29, 1.82) is 0 Å². The molecule has 2 fully saturated rings. The number of aromatic amines is 1. The molecule has 1 saturated heterocycles. The van der Waals surface area contributed by atoms with Gasteiger partial charge in [0, 0.05) is 30.4 Å². The first kappa shape index (κ1) is 13.6. The summed E-state index contributed by atoms with van der Waals surface area (Å²) in [5, 5.41) is 9.83. The van der Waals surface area contributed by atoms with Gasteiger partial charge in [0.1, 0.15) is 0 Å². The number of piperidine rings is 1. The summed E-state index contributed by atoms with van der Waals surface area (Å²) >= 11 is 0. The number of nitrogens with one attached hydrogen (secondary N) is 1. The largest absolute Gasteiger partial charge is 0.396 e. The predicted octanol–water partition coefficient (Wildman–Crippen LogP) is 1.73. The summed E-state index contributed by atoms with van der Waals surface area (Å²) in [5.41, 5.74) is 0.813.